The van der Waals surface area contributed by atoms with Crippen molar-refractivity contribution >= 4 is 28.6 Å². The van der Waals surface area contributed by atoms with Gasteiger partial charge in [-0.1, -0.05) is 49.3 Å². The molecule has 0 radical (unpaired) electrons. The Morgan fingerprint density at radius 3 is 2.35 bits per heavy atom. The fraction of sp³-hybridized carbons (Fsp3) is 0.562. The standard InChI is InChI=1S/C16H24ClNOS/c1-5-12(3)18(13(4)6-2)16(19)20-11-14-8-7-9-15(17)10-14/h7-10,12-13H,5-6,11H2,1-4H3. The summed E-state index contributed by atoms with van der Waals surface area (Å²) in [5, 5.41) is 0.880. The highest BCUT2D eigenvalue weighted by Gasteiger charge is 2.23. The first-order chi connectivity index (χ1) is 9.49. The van der Waals surface area contributed by atoms with Gasteiger partial charge in [0.15, 0.2) is 0 Å². The molecular weight excluding hydrogens is 290 g/mol. The lowest BCUT2D eigenvalue weighted by Crippen LogP contribution is -2.42. The summed E-state index contributed by atoms with van der Waals surface area (Å²) in [7, 11) is 0. The van der Waals surface area contributed by atoms with Crippen molar-refractivity contribution < 1.29 is 4.79 Å². The van der Waals surface area contributed by atoms with E-state index in [0.717, 1.165) is 23.4 Å². The van der Waals surface area contributed by atoms with E-state index in [0.29, 0.717) is 5.75 Å². The largest absolute Gasteiger partial charge is 0.328 e. The molecule has 0 fully saturated rings. The van der Waals surface area contributed by atoms with E-state index in [2.05, 4.69) is 27.7 Å². The van der Waals surface area contributed by atoms with Crippen LogP contribution in [-0.2, 0) is 5.75 Å². The average molecular weight is 314 g/mol. The van der Waals surface area contributed by atoms with Gasteiger partial charge in [-0.05, 0) is 44.4 Å². The molecule has 20 heavy (non-hydrogen) atoms. The van der Waals surface area contributed by atoms with Crippen LogP contribution in [0.3, 0.4) is 0 Å². The van der Waals surface area contributed by atoms with Crippen molar-refractivity contribution in [3.8, 4) is 0 Å². The quantitative estimate of drug-likeness (QED) is 0.682. The van der Waals surface area contributed by atoms with Gasteiger partial charge in [0.1, 0.15) is 0 Å². The molecule has 0 heterocycles. The minimum absolute atomic E-state index is 0.161. The van der Waals surface area contributed by atoms with E-state index in [9.17, 15) is 4.79 Å². The lowest BCUT2D eigenvalue weighted by Gasteiger charge is -2.33. The number of hydrogen-bond donors (Lipinski definition) is 0. The zero-order valence-corrected chi connectivity index (χ0v) is 14.3. The van der Waals surface area contributed by atoms with Crippen LogP contribution in [0.15, 0.2) is 24.3 Å². The molecule has 1 aromatic carbocycles. The number of thioether (sulfide) groups is 1. The molecule has 0 aliphatic carbocycles. The molecule has 0 aliphatic rings. The summed E-state index contributed by atoms with van der Waals surface area (Å²) in [5.41, 5.74) is 1.09. The number of rotatable bonds is 6. The summed E-state index contributed by atoms with van der Waals surface area (Å²) < 4.78 is 0. The van der Waals surface area contributed by atoms with Crippen LogP contribution in [0.5, 0.6) is 0 Å². The van der Waals surface area contributed by atoms with Crippen LogP contribution in [0.4, 0.5) is 4.79 Å². The predicted molar refractivity (Wildman–Crippen MR) is 89.5 cm³/mol. The monoisotopic (exact) mass is 313 g/mol. The lowest BCUT2D eigenvalue weighted by atomic mass is 10.1. The van der Waals surface area contributed by atoms with Crippen molar-refractivity contribution in [2.45, 2.75) is 58.4 Å². The number of carbonyl (C=O) groups is 1. The number of halogens is 1. The summed E-state index contributed by atoms with van der Waals surface area (Å²) >= 11 is 7.33. The van der Waals surface area contributed by atoms with E-state index in [1.807, 2.05) is 29.2 Å². The Morgan fingerprint density at radius 1 is 1.25 bits per heavy atom. The van der Waals surface area contributed by atoms with Gasteiger partial charge >= 0.3 is 0 Å². The first-order valence-corrected chi connectivity index (χ1v) is 8.55. The van der Waals surface area contributed by atoms with Gasteiger partial charge in [0.2, 0.25) is 0 Å². The third-order valence-corrected chi connectivity index (χ3v) is 4.76. The topological polar surface area (TPSA) is 20.3 Å². The number of nitrogens with zero attached hydrogens (tertiary/aromatic N) is 1. The fourth-order valence-corrected chi connectivity index (χ4v) is 3.23. The Morgan fingerprint density at radius 2 is 1.85 bits per heavy atom. The van der Waals surface area contributed by atoms with Crippen LogP contribution in [0.1, 0.15) is 46.1 Å². The first-order valence-electron chi connectivity index (χ1n) is 7.19. The molecule has 1 aromatic rings. The fourth-order valence-electron chi connectivity index (χ4n) is 2.03. The van der Waals surface area contributed by atoms with E-state index in [1.54, 1.807) is 0 Å². The second kappa shape index (κ2) is 8.58. The summed E-state index contributed by atoms with van der Waals surface area (Å²) in [6.45, 7) is 8.47. The van der Waals surface area contributed by atoms with Crippen molar-refractivity contribution in [1.29, 1.82) is 0 Å². The maximum atomic E-state index is 12.5. The number of benzene rings is 1. The summed E-state index contributed by atoms with van der Waals surface area (Å²) in [4.78, 5) is 14.5. The maximum Gasteiger partial charge on any atom is 0.282 e. The third-order valence-electron chi connectivity index (χ3n) is 3.59. The van der Waals surface area contributed by atoms with Crippen LogP contribution in [0.25, 0.3) is 0 Å². The van der Waals surface area contributed by atoms with Gasteiger partial charge in [0, 0.05) is 22.9 Å². The third kappa shape index (κ3) is 5.02. The molecule has 2 atom stereocenters. The molecule has 2 nitrogen and oxygen atoms in total. The van der Waals surface area contributed by atoms with E-state index >= 15 is 0 Å². The number of amides is 1. The van der Waals surface area contributed by atoms with Gasteiger partial charge in [-0.15, -0.1) is 0 Å². The Hall–Kier alpha value is -0.670. The lowest BCUT2D eigenvalue weighted by molar-refractivity contribution is 0.173. The normalized spacial score (nSPS) is 13.8. The molecule has 0 bridgehead atoms. The van der Waals surface area contributed by atoms with E-state index in [4.69, 9.17) is 11.6 Å². The minimum atomic E-state index is 0.161. The molecule has 4 heteroatoms. The van der Waals surface area contributed by atoms with Gasteiger partial charge in [-0.2, -0.15) is 0 Å². The zero-order valence-electron chi connectivity index (χ0n) is 12.7. The van der Waals surface area contributed by atoms with Crippen molar-refractivity contribution in [2.24, 2.45) is 0 Å². The van der Waals surface area contributed by atoms with Crippen LogP contribution in [0.2, 0.25) is 5.02 Å². The highest BCUT2D eigenvalue weighted by atomic mass is 35.5. The van der Waals surface area contributed by atoms with Crippen molar-refractivity contribution in [2.75, 3.05) is 0 Å². The molecule has 2 unspecified atom stereocenters. The van der Waals surface area contributed by atoms with Crippen molar-refractivity contribution in [3.63, 3.8) is 0 Å². The maximum absolute atomic E-state index is 12.5. The zero-order chi connectivity index (χ0) is 15.1. The SMILES string of the molecule is CCC(C)N(C(=O)SCc1cccc(Cl)c1)C(C)CC. The molecule has 0 spiro atoms. The van der Waals surface area contributed by atoms with E-state index in [1.165, 1.54) is 11.8 Å². The van der Waals surface area contributed by atoms with Crippen LogP contribution >= 0.6 is 23.4 Å². The first kappa shape index (κ1) is 17.4. The Bertz CT molecular complexity index is 428. The van der Waals surface area contributed by atoms with Crippen LogP contribution < -0.4 is 0 Å². The van der Waals surface area contributed by atoms with E-state index < -0.39 is 0 Å². The second-order valence-electron chi connectivity index (χ2n) is 5.11. The summed E-state index contributed by atoms with van der Waals surface area (Å²) in [5.74, 6) is 0.669. The Labute approximate surface area is 131 Å². The Kier molecular flexibility index (Phi) is 7.46. The van der Waals surface area contributed by atoms with Crippen molar-refractivity contribution in [3.05, 3.63) is 34.9 Å². The molecule has 0 aromatic heterocycles. The Balaban J connectivity index is 2.66. The molecule has 0 saturated heterocycles. The van der Waals surface area contributed by atoms with Gasteiger partial charge in [0.25, 0.3) is 5.24 Å². The van der Waals surface area contributed by atoms with Gasteiger partial charge < -0.3 is 4.90 Å². The molecule has 0 N–H and O–H groups in total. The van der Waals surface area contributed by atoms with Crippen molar-refractivity contribution in [1.82, 2.24) is 4.90 Å². The van der Waals surface area contributed by atoms with Crippen LogP contribution in [-0.4, -0.2) is 22.2 Å². The minimum Gasteiger partial charge on any atom is -0.328 e. The van der Waals surface area contributed by atoms with Gasteiger partial charge in [-0.25, -0.2) is 0 Å². The molecule has 1 amide bonds. The smallest absolute Gasteiger partial charge is 0.282 e. The highest BCUT2D eigenvalue weighted by Crippen LogP contribution is 2.23. The highest BCUT2D eigenvalue weighted by molar-refractivity contribution is 8.12. The predicted octanol–water partition coefficient (Wildman–Crippen LogP) is 5.59. The molecule has 112 valence electrons. The number of hydrogen-bond acceptors (Lipinski definition) is 2. The average Bonchev–Trinajstić information content (AvgIpc) is 2.44. The molecule has 1 rings (SSSR count). The second-order valence-corrected chi connectivity index (χ2v) is 6.47. The summed E-state index contributed by atoms with van der Waals surface area (Å²) in [6, 6.07) is 8.25. The molecule has 0 aliphatic heterocycles. The van der Waals surface area contributed by atoms with Gasteiger partial charge in [-0.3, -0.25) is 4.79 Å². The molecular formula is C16H24ClNOS. The van der Waals surface area contributed by atoms with Gasteiger partial charge in [0.05, 0.1) is 0 Å². The number of carbonyl (C=O) groups excluding carboxylic acids is 1. The van der Waals surface area contributed by atoms with Crippen LogP contribution in [0, 0.1) is 0 Å². The van der Waals surface area contributed by atoms with E-state index in [-0.39, 0.29) is 17.3 Å². The summed E-state index contributed by atoms with van der Waals surface area (Å²) in [6.07, 6.45) is 1.96. The molecule has 0 saturated carbocycles.